The van der Waals surface area contributed by atoms with Crippen molar-refractivity contribution in [3.05, 3.63) is 35.2 Å². The minimum Gasteiger partial charge on any atom is -0.391 e. The summed E-state index contributed by atoms with van der Waals surface area (Å²) < 4.78 is 1.32. The second kappa shape index (κ2) is 5.47. The first-order valence-corrected chi connectivity index (χ1v) is 8.32. The molecule has 1 aliphatic carbocycles. The minimum absolute atomic E-state index is 0.0248. The number of hydrogen-bond acceptors (Lipinski definition) is 3. The van der Waals surface area contributed by atoms with Crippen LogP contribution in [0.4, 0.5) is 0 Å². The maximum atomic E-state index is 10.9. The lowest BCUT2D eigenvalue weighted by Gasteiger charge is -2.40. The molecule has 3 heteroatoms. The van der Waals surface area contributed by atoms with Gasteiger partial charge in [0.2, 0.25) is 0 Å². The van der Waals surface area contributed by atoms with Gasteiger partial charge in [0, 0.05) is 16.7 Å². The van der Waals surface area contributed by atoms with E-state index in [-0.39, 0.29) is 11.6 Å². The van der Waals surface area contributed by atoms with E-state index in [0.717, 1.165) is 19.3 Å². The number of fused-ring (bicyclic) bond motifs is 1. The predicted molar refractivity (Wildman–Crippen MR) is 86.4 cm³/mol. The first kappa shape index (κ1) is 14.1. The highest BCUT2D eigenvalue weighted by atomic mass is 32.1. The van der Waals surface area contributed by atoms with E-state index in [9.17, 15) is 5.11 Å². The Bertz CT molecular complexity index is 583. The summed E-state index contributed by atoms with van der Waals surface area (Å²) in [5, 5.41) is 14.4. The number of benzene rings is 1. The third-order valence-corrected chi connectivity index (χ3v) is 5.97. The molecule has 1 fully saturated rings. The van der Waals surface area contributed by atoms with Crippen molar-refractivity contribution in [2.45, 2.75) is 43.7 Å². The summed E-state index contributed by atoms with van der Waals surface area (Å²) >= 11 is 1.78. The third kappa shape index (κ3) is 2.28. The van der Waals surface area contributed by atoms with Crippen LogP contribution in [0.15, 0.2) is 29.6 Å². The summed E-state index contributed by atoms with van der Waals surface area (Å²) in [6, 6.07) is 8.50. The van der Waals surface area contributed by atoms with Gasteiger partial charge in [0.25, 0.3) is 0 Å². The highest BCUT2D eigenvalue weighted by Gasteiger charge is 2.42. The molecule has 1 aromatic carbocycles. The lowest BCUT2D eigenvalue weighted by atomic mass is 9.85. The topological polar surface area (TPSA) is 23.5 Å². The maximum Gasteiger partial charge on any atom is 0.0764 e. The normalized spacial score (nSPS) is 19.8. The van der Waals surface area contributed by atoms with Crippen LogP contribution in [-0.4, -0.2) is 35.7 Å². The zero-order valence-corrected chi connectivity index (χ0v) is 13.1. The Labute approximate surface area is 125 Å². The number of thiophene rings is 1. The van der Waals surface area contributed by atoms with Gasteiger partial charge in [0.1, 0.15) is 0 Å². The van der Waals surface area contributed by atoms with Gasteiger partial charge >= 0.3 is 0 Å². The van der Waals surface area contributed by atoms with Gasteiger partial charge in [-0.15, -0.1) is 11.3 Å². The van der Waals surface area contributed by atoms with Gasteiger partial charge in [-0.2, -0.15) is 0 Å². The molecule has 1 saturated carbocycles. The first-order valence-electron chi connectivity index (χ1n) is 7.44. The number of hydrogen-bond donors (Lipinski definition) is 1. The van der Waals surface area contributed by atoms with Crippen LogP contribution in [0.3, 0.4) is 0 Å². The van der Waals surface area contributed by atoms with Crippen LogP contribution in [-0.2, 0) is 6.42 Å². The van der Waals surface area contributed by atoms with Gasteiger partial charge in [-0.05, 0) is 49.3 Å². The Morgan fingerprint density at radius 2 is 1.95 bits per heavy atom. The molecule has 0 aliphatic heterocycles. The van der Waals surface area contributed by atoms with E-state index in [1.54, 1.807) is 11.3 Å². The van der Waals surface area contributed by atoms with E-state index in [1.165, 1.54) is 28.5 Å². The molecule has 1 N–H and O–H groups in total. The molecule has 2 nitrogen and oxygen atoms in total. The molecule has 1 heterocycles. The van der Waals surface area contributed by atoms with E-state index in [2.05, 4.69) is 48.6 Å². The molecule has 1 atom stereocenters. The zero-order valence-electron chi connectivity index (χ0n) is 12.3. The number of rotatable bonds is 4. The quantitative estimate of drug-likeness (QED) is 0.928. The van der Waals surface area contributed by atoms with Crippen molar-refractivity contribution in [1.29, 1.82) is 0 Å². The van der Waals surface area contributed by atoms with Crippen molar-refractivity contribution in [3.63, 3.8) is 0 Å². The maximum absolute atomic E-state index is 10.9. The van der Waals surface area contributed by atoms with E-state index in [4.69, 9.17) is 0 Å². The molecule has 0 radical (unpaired) electrons. The fourth-order valence-corrected chi connectivity index (χ4v) is 4.63. The summed E-state index contributed by atoms with van der Waals surface area (Å²) in [5.74, 6) is 0. The van der Waals surface area contributed by atoms with Gasteiger partial charge in [-0.1, -0.05) is 31.0 Å². The van der Waals surface area contributed by atoms with Crippen LogP contribution >= 0.6 is 11.3 Å². The molecule has 3 rings (SSSR count). The van der Waals surface area contributed by atoms with Crippen molar-refractivity contribution in [1.82, 2.24) is 4.90 Å². The van der Waals surface area contributed by atoms with E-state index in [0.29, 0.717) is 0 Å². The standard InChI is InChI=1S/C17H23NOS/c1-18(2)17(9-5-6-10-17)16(19)11-13-12-20-15-8-4-3-7-14(13)15/h3-4,7-8,12,16,19H,5-6,9-11H2,1-2H3. The highest BCUT2D eigenvalue weighted by molar-refractivity contribution is 7.17. The average molecular weight is 289 g/mol. The van der Waals surface area contributed by atoms with Crippen molar-refractivity contribution in [2.24, 2.45) is 0 Å². The predicted octanol–water partition coefficient (Wildman–Crippen LogP) is 3.68. The van der Waals surface area contributed by atoms with Crippen LogP contribution in [0.25, 0.3) is 10.1 Å². The Hall–Kier alpha value is -0.900. The number of aliphatic hydroxyl groups is 1. The van der Waals surface area contributed by atoms with Crippen LogP contribution in [0.5, 0.6) is 0 Å². The lowest BCUT2D eigenvalue weighted by molar-refractivity contribution is -0.00228. The Morgan fingerprint density at radius 3 is 2.65 bits per heavy atom. The van der Waals surface area contributed by atoms with Gasteiger partial charge in [-0.25, -0.2) is 0 Å². The molecule has 20 heavy (non-hydrogen) atoms. The molecule has 1 unspecified atom stereocenters. The molecule has 0 spiro atoms. The zero-order chi connectivity index (χ0) is 14.2. The number of aliphatic hydroxyl groups excluding tert-OH is 1. The molecule has 0 saturated heterocycles. The van der Waals surface area contributed by atoms with Gasteiger partial charge < -0.3 is 10.0 Å². The Kier molecular flexibility index (Phi) is 3.85. The fourth-order valence-electron chi connectivity index (χ4n) is 3.65. The largest absolute Gasteiger partial charge is 0.391 e. The summed E-state index contributed by atoms with van der Waals surface area (Å²) in [6.07, 6.45) is 5.19. The minimum atomic E-state index is -0.280. The molecule has 1 aromatic heterocycles. The Balaban J connectivity index is 1.86. The van der Waals surface area contributed by atoms with Crippen LogP contribution in [0, 0.1) is 0 Å². The summed E-state index contributed by atoms with van der Waals surface area (Å²) in [7, 11) is 4.22. The van der Waals surface area contributed by atoms with E-state index in [1.807, 2.05) is 0 Å². The van der Waals surface area contributed by atoms with Gasteiger partial charge in [-0.3, -0.25) is 0 Å². The van der Waals surface area contributed by atoms with Crippen molar-refractivity contribution in [2.75, 3.05) is 14.1 Å². The smallest absolute Gasteiger partial charge is 0.0764 e. The molecular weight excluding hydrogens is 266 g/mol. The Morgan fingerprint density at radius 1 is 1.25 bits per heavy atom. The molecule has 0 bridgehead atoms. The first-order chi connectivity index (χ1) is 9.63. The number of nitrogens with zero attached hydrogens (tertiary/aromatic N) is 1. The molecule has 108 valence electrons. The molecule has 1 aliphatic rings. The van der Waals surface area contributed by atoms with Crippen molar-refractivity contribution >= 4 is 21.4 Å². The molecule has 2 aromatic rings. The second-order valence-electron chi connectivity index (χ2n) is 6.18. The molecular formula is C17H23NOS. The third-order valence-electron chi connectivity index (χ3n) is 4.95. The summed E-state index contributed by atoms with van der Waals surface area (Å²) in [4.78, 5) is 2.25. The van der Waals surface area contributed by atoms with Crippen LogP contribution in [0.1, 0.15) is 31.2 Å². The highest BCUT2D eigenvalue weighted by Crippen LogP contribution is 2.39. The van der Waals surface area contributed by atoms with Crippen LogP contribution < -0.4 is 0 Å². The SMILES string of the molecule is CN(C)C1(C(O)Cc2csc3ccccc23)CCCC1. The van der Waals surface area contributed by atoms with Gasteiger partial charge in [0.05, 0.1) is 6.10 Å². The molecule has 0 amide bonds. The summed E-state index contributed by atoms with van der Waals surface area (Å²) in [5.41, 5.74) is 1.27. The van der Waals surface area contributed by atoms with Gasteiger partial charge in [0.15, 0.2) is 0 Å². The van der Waals surface area contributed by atoms with Crippen LogP contribution in [0.2, 0.25) is 0 Å². The number of likely N-dealkylation sites (N-methyl/N-ethyl adjacent to an activating group) is 1. The second-order valence-corrected chi connectivity index (χ2v) is 7.09. The van der Waals surface area contributed by atoms with Crippen molar-refractivity contribution in [3.8, 4) is 0 Å². The average Bonchev–Trinajstić information content (AvgIpc) is 3.07. The fraction of sp³-hybridized carbons (Fsp3) is 0.529. The van der Waals surface area contributed by atoms with E-state index < -0.39 is 0 Å². The van der Waals surface area contributed by atoms with E-state index >= 15 is 0 Å². The summed E-state index contributed by atoms with van der Waals surface area (Å²) in [6.45, 7) is 0. The lowest BCUT2D eigenvalue weighted by Crippen LogP contribution is -2.52. The van der Waals surface area contributed by atoms with Crippen molar-refractivity contribution < 1.29 is 5.11 Å². The monoisotopic (exact) mass is 289 g/mol.